The Morgan fingerprint density at radius 3 is 2.82 bits per heavy atom. The van der Waals surface area contributed by atoms with Crippen molar-refractivity contribution in [1.29, 1.82) is 0 Å². The Kier molecular flexibility index (Phi) is 3.83. The van der Waals surface area contributed by atoms with Crippen LogP contribution in [0.25, 0.3) is 22.1 Å². The normalized spacial score (nSPS) is 24.8. The van der Waals surface area contributed by atoms with Crippen LogP contribution in [-0.2, 0) is 4.74 Å². The summed E-state index contributed by atoms with van der Waals surface area (Å²) in [6, 6.07) is 9.17. The molecule has 142 valence electrons. The summed E-state index contributed by atoms with van der Waals surface area (Å²) in [6.45, 7) is 0. The number of rotatable bonds is 3. The molecule has 0 bridgehead atoms. The lowest BCUT2D eigenvalue weighted by Crippen LogP contribution is -2.36. The molecular weight excluding hydrogens is 364 g/mol. The van der Waals surface area contributed by atoms with Crippen molar-refractivity contribution in [2.24, 2.45) is 0 Å². The second-order valence-electron chi connectivity index (χ2n) is 6.40. The maximum absolute atomic E-state index is 10.5. The summed E-state index contributed by atoms with van der Waals surface area (Å²) >= 11 is 0. The smallest absolute Gasteiger partial charge is 0.187 e. The molecule has 4 unspecified atom stereocenters. The lowest BCUT2D eigenvalue weighted by Gasteiger charge is -2.23. The molecule has 0 radical (unpaired) electrons. The molecule has 4 aromatic rings. The third-order valence-electron chi connectivity index (χ3n) is 4.72. The summed E-state index contributed by atoms with van der Waals surface area (Å²) in [5, 5.41) is 21.4. The first-order chi connectivity index (χ1) is 13.6. The summed E-state index contributed by atoms with van der Waals surface area (Å²) < 4.78 is 13.2. The first kappa shape index (κ1) is 16.8. The number of nitrogens with zero attached hydrogens (tertiary/aromatic N) is 5. The molecule has 10 heteroatoms. The molecule has 1 fully saturated rings. The van der Waals surface area contributed by atoms with E-state index in [1.54, 1.807) is 16.8 Å². The van der Waals surface area contributed by atoms with E-state index in [1.807, 2.05) is 24.3 Å². The number of nitrogen functional groups attached to an aromatic ring is 1. The molecule has 4 atom stereocenters. The molecule has 1 aromatic carbocycles. The molecule has 28 heavy (non-hydrogen) atoms. The number of anilines is 1. The van der Waals surface area contributed by atoms with Gasteiger partial charge in [-0.3, -0.25) is 9.55 Å². The van der Waals surface area contributed by atoms with Gasteiger partial charge in [0.15, 0.2) is 30.1 Å². The molecule has 0 amide bonds. The minimum absolute atomic E-state index is 0.223. The van der Waals surface area contributed by atoms with E-state index in [0.717, 1.165) is 10.9 Å². The number of imidazole rings is 1. The fourth-order valence-electron chi connectivity index (χ4n) is 3.36. The van der Waals surface area contributed by atoms with Crippen LogP contribution in [0.3, 0.4) is 0 Å². The van der Waals surface area contributed by atoms with Gasteiger partial charge in [-0.2, -0.15) is 0 Å². The lowest BCUT2D eigenvalue weighted by molar-refractivity contribution is -0.141. The van der Waals surface area contributed by atoms with Crippen LogP contribution in [0.1, 0.15) is 6.23 Å². The van der Waals surface area contributed by atoms with Gasteiger partial charge in [0.05, 0.1) is 11.8 Å². The number of para-hydroxylation sites is 1. The molecule has 5 rings (SSSR count). The van der Waals surface area contributed by atoms with E-state index in [4.69, 9.17) is 15.2 Å². The standard InChI is InChI=1S/C18H16N6O4/c19-15-12-16(22-7-21-15)24(8-23-12)17-14(13(25)18(26)28-17)27-11-5-6-20-10-4-2-1-3-9(10)11/h1-8,13-14,17-18,25-26H,(H2,19,21,22). The molecule has 4 heterocycles. The number of aliphatic hydroxyl groups is 2. The third-order valence-corrected chi connectivity index (χ3v) is 4.72. The summed E-state index contributed by atoms with van der Waals surface area (Å²) in [6.07, 6.45) is -0.124. The highest BCUT2D eigenvalue weighted by atomic mass is 16.7. The van der Waals surface area contributed by atoms with E-state index in [2.05, 4.69) is 19.9 Å². The largest absolute Gasteiger partial charge is 0.482 e. The zero-order valence-corrected chi connectivity index (χ0v) is 14.5. The van der Waals surface area contributed by atoms with Crippen LogP contribution < -0.4 is 10.5 Å². The van der Waals surface area contributed by atoms with Gasteiger partial charge in [0, 0.05) is 11.6 Å². The second-order valence-corrected chi connectivity index (χ2v) is 6.40. The Morgan fingerprint density at radius 2 is 1.93 bits per heavy atom. The summed E-state index contributed by atoms with van der Waals surface area (Å²) in [5.41, 5.74) is 7.40. The molecule has 4 N–H and O–H groups in total. The highest BCUT2D eigenvalue weighted by Gasteiger charge is 2.46. The van der Waals surface area contributed by atoms with Gasteiger partial charge in [-0.1, -0.05) is 12.1 Å². The van der Waals surface area contributed by atoms with E-state index in [1.165, 1.54) is 12.7 Å². The van der Waals surface area contributed by atoms with Gasteiger partial charge >= 0.3 is 0 Å². The van der Waals surface area contributed by atoms with E-state index in [9.17, 15) is 10.2 Å². The predicted octanol–water partition coefficient (Wildman–Crippen LogP) is 0.612. The van der Waals surface area contributed by atoms with Crippen molar-refractivity contribution in [3.05, 3.63) is 49.2 Å². The zero-order valence-electron chi connectivity index (χ0n) is 14.5. The van der Waals surface area contributed by atoms with Crippen molar-refractivity contribution in [2.75, 3.05) is 5.73 Å². The van der Waals surface area contributed by atoms with Gasteiger partial charge < -0.3 is 25.4 Å². The number of pyridine rings is 1. The molecule has 1 aliphatic heterocycles. The number of aromatic nitrogens is 5. The van der Waals surface area contributed by atoms with Crippen molar-refractivity contribution in [3.63, 3.8) is 0 Å². The first-order valence-corrected chi connectivity index (χ1v) is 8.58. The van der Waals surface area contributed by atoms with Gasteiger partial charge in [0.1, 0.15) is 23.7 Å². The SMILES string of the molecule is Nc1ncnc2c1ncn2C1OC(O)C(O)C1Oc1ccnc2ccccc12. The number of fused-ring (bicyclic) bond motifs is 2. The van der Waals surface area contributed by atoms with Crippen LogP contribution in [-0.4, -0.2) is 53.2 Å². The van der Waals surface area contributed by atoms with Crippen molar-refractivity contribution < 1.29 is 19.7 Å². The number of hydrogen-bond acceptors (Lipinski definition) is 9. The average molecular weight is 380 g/mol. The van der Waals surface area contributed by atoms with Gasteiger partial charge in [-0.05, 0) is 18.2 Å². The summed E-state index contributed by atoms with van der Waals surface area (Å²) in [7, 11) is 0. The summed E-state index contributed by atoms with van der Waals surface area (Å²) in [4.78, 5) is 16.6. The third kappa shape index (κ3) is 2.54. The molecular formula is C18H16N6O4. The van der Waals surface area contributed by atoms with E-state index < -0.39 is 24.7 Å². The molecule has 0 aliphatic carbocycles. The number of nitrogens with two attached hydrogens (primary N) is 1. The minimum Gasteiger partial charge on any atom is -0.482 e. The first-order valence-electron chi connectivity index (χ1n) is 8.58. The Labute approximate surface area is 158 Å². The molecule has 0 spiro atoms. The minimum atomic E-state index is -1.43. The van der Waals surface area contributed by atoms with Crippen LogP contribution in [0.5, 0.6) is 5.75 Å². The summed E-state index contributed by atoms with van der Waals surface area (Å²) in [5.74, 6) is 0.733. The molecule has 0 saturated carbocycles. The highest BCUT2D eigenvalue weighted by molar-refractivity contribution is 5.84. The highest BCUT2D eigenvalue weighted by Crippen LogP contribution is 2.35. The topological polar surface area (TPSA) is 141 Å². The van der Waals surface area contributed by atoms with Crippen molar-refractivity contribution in [1.82, 2.24) is 24.5 Å². The van der Waals surface area contributed by atoms with E-state index in [-0.39, 0.29) is 5.82 Å². The fourth-order valence-corrected chi connectivity index (χ4v) is 3.36. The molecule has 1 saturated heterocycles. The van der Waals surface area contributed by atoms with E-state index in [0.29, 0.717) is 16.9 Å². The Hall–Kier alpha value is -3.34. The quantitative estimate of drug-likeness (QED) is 0.466. The van der Waals surface area contributed by atoms with Crippen molar-refractivity contribution >= 4 is 27.9 Å². The van der Waals surface area contributed by atoms with Gasteiger partial charge in [0.2, 0.25) is 0 Å². The number of ether oxygens (including phenoxy) is 2. The Morgan fingerprint density at radius 1 is 1.07 bits per heavy atom. The van der Waals surface area contributed by atoms with Crippen LogP contribution in [0.4, 0.5) is 5.82 Å². The predicted molar refractivity (Wildman–Crippen MR) is 98.0 cm³/mol. The maximum atomic E-state index is 10.5. The Balaban J connectivity index is 1.57. The van der Waals surface area contributed by atoms with Gasteiger partial charge in [-0.25, -0.2) is 15.0 Å². The molecule has 10 nitrogen and oxygen atoms in total. The van der Waals surface area contributed by atoms with Gasteiger partial charge in [-0.15, -0.1) is 0 Å². The van der Waals surface area contributed by atoms with Crippen LogP contribution >= 0.6 is 0 Å². The fraction of sp³-hybridized carbons (Fsp3) is 0.222. The number of hydrogen-bond donors (Lipinski definition) is 3. The van der Waals surface area contributed by atoms with Crippen LogP contribution in [0, 0.1) is 0 Å². The average Bonchev–Trinajstić information content (AvgIpc) is 3.26. The van der Waals surface area contributed by atoms with Crippen LogP contribution in [0.15, 0.2) is 49.2 Å². The number of aliphatic hydroxyl groups excluding tert-OH is 2. The Bertz CT molecular complexity index is 1160. The number of benzene rings is 1. The monoisotopic (exact) mass is 380 g/mol. The van der Waals surface area contributed by atoms with Crippen LogP contribution in [0.2, 0.25) is 0 Å². The maximum Gasteiger partial charge on any atom is 0.187 e. The van der Waals surface area contributed by atoms with E-state index >= 15 is 0 Å². The molecule has 1 aliphatic rings. The molecule has 3 aromatic heterocycles. The van der Waals surface area contributed by atoms with Gasteiger partial charge in [0.25, 0.3) is 0 Å². The lowest BCUT2D eigenvalue weighted by atomic mass is 10.2. The zero-order chi connectivity index (χ0) is 19.3. The second kappa shape index (κ2) is 6.37. The van der Waals surface area contributed by atoms with Crippen molar-refractivity contribution in [2.45, 2.75) is 24.7 Å². The van der Waals surface area contributed by atoms with Crippen molar-refractivity contribution in [3.8, 4) is 5.75 Å².